The van der Waals surface area contributed by atoms with Crippen molar-refractivity contribution in [2.75, 3.05) is 5.75 Å². The highest BCUT2D eigenvalue weighted by Gasteiger charge is 2.13. The molecule has 3 heterocycles. The molecule has 0 saturated carbocycles. The lowest BCUT2D eigenvalue weighted by Crippen LogP contribution is -2.05. The van der Waals surface area contributed by atoms with Gasteiger partial charge in [-0.2, -0.15) is 0 Å². The quantitative estimate of drug-likeness (QED) is 0.713. The second-order valence-electron chi connectivity index (χ2n) is 4.23. The summed E-state index contributed by atoms with van der Waals surface area (Å²) < 4.78 is 1.94. The summed E-state index contributed by atoms with van der Waals surface area (Å²) in [6.45, 7) is 0.505. The van der Waals surface area contributed by atoms with Crippen molar-refractivity contribution >= 4 is 28.8 Å². The van der Waals surface area contributed by atoms with Crippen molar-refractivity contribution < 1.29 is 9.90 Å². The first-order valence-electron chi connectivity index (χ1n) is 6.14. The van der Waals surface area contributed by atoms with E-state index >= 15 is 0 Å². The molecule has 8 heteroatoms. The van der Waals surface area contributed by atoms with Gasteiger partial charge in [-0.3, -0.25) is 9.78 Å². The van der Waals surface area contributed by atoms with Gasteiger partial charge in [0.25, 0.3) is 0 Å². The zero-order chi connectivity index (χ0) is 14.7. The summed E-state index contributed by atoms with van der Waals surface area (Å²) >= 11 is 1.18. The Kier molecular flexibility index (Phi) is 3.78. The van der Waals surface area contributed by atoms with Crippen molar-refractivity contribution in [2.24, 2.45) is 0 Å². The molecule has 3 rings (SSSR count). The van der Waals surface area contributed by atoms with E-state index < -0.39 is 5.97 Å². The fourth-order valence-electron chi connectivity index (χ4n) is 1.92. The minimum absolute atomic E-state index is 0.0411. The monoisotopic (exact) mass is 301 g/mol. The lowest BCUT2D eigenvalue weighted by atomic mass is 10.3. The summed E-state index contributed by atoms with van der Waals surface area (Å²) in [5.41, 5.74) is 2.47. The van der Waals surface area contributed by atoms with Crippen LogP contribution in [-0.4, -0.2) is 41.3 Å². The van der Waals surface area contributed by atoms with Crippen LogP contribution in [0.25, 0.3) is 11.0 Å². The van der Waals surface area contributed by atoms with E-state index in [0.29, 0.717) is 11.7 Å². The molecule has 0 bridgehead atoms. The van der Waals surface area contributed by atoms with Crippen molar-refractivity contribution in [3.63, 3.8) is 0 Å². The van der Waals surface area contributed by atoms with E-state index in [1.165, 1.54) is 18.1 Å². The summed E-state index contributed by atoms with van der Waals surface area (Å²) in [4.78, 5) is 27.3. The number of nitrogens with zero attached hydrogens (tertiary/aromatic N) is 5. The van der Waals surface area contributed by atoms with Gasteiger partial charge in [-0.15, -0.1) is 0 Å². The van der Waals surface area contributed by atoms with Gasteiger partial charge >= 0.3 is 5.97 Å². The Morgan fingerprint density at radius 2 is 2.14 bits per heavy atom. The summed E-state index contributed by atoms with van der Waals surface area (Å²) in [5.74, 6) is -0.917. The van der Waals surface area contributed by atoms with E-state index in [-0.39, 0.29) is 5.75 Å². The first kappa shape index (κ1) is 13.5. The number of aliphatic carboxylic acids is 1. The number of carbonyl (C=O) groups is 1. The Morgan fingerprint density at radius 3 is 2.90 bits per heavy atom. The predicted octanol–water partition coefficient (Wildman–Crippen LogP) is 1.45. The summed E-state index contributed by atoms with van der Waals surface area (Å²) in [5, 5.41) is 9.48. The van der Waals surface area contributed by atoms with Crippen molar-refractivity contribution in [2.45, 2.75) is 11.7 Å². The maximum atomic E-state index is 10.8. The van der Waals surface area contributed by atoms with Gasteiger partial charge in [0.2, 0.25) is 0 Å². The first-order chi connectivity index (χ1) is 10.2. The molecule has 0 aliphatic heterocycles. The van der Waals surface area contributed by atoms with Gasteiger partial charge in [0.05, 0.1) is 29.7 Å². The van der Waals surface area contributed by atoms with Gasteiger partial charge in [-0.25, -0.2) is 15.0 Å². The SMILES string of the molecule is O=C(O)CSc1nc2cnccc2n1Cc1ccncn1. The van der Waals surface area contributed by atoms with Crippen LogP contribution in [0.1, 0.15) is 5.69 Å². The van der Waals surface area contributed by atoms with Crippen LogP contribution in [0.2, 0.25) is 0 Å². The lowest BCUT2D eigenvalue weighted by molar-refractivity contribution is -0.133. The maximum Gasteiger partial charge on any atom is 0.313 e. The number of rotatable bonds is 5. The van der Waals surface area contributed by atoms with E-state index in [1.807, 2.05) is 16.7 Å². The second-order valence-corrected chi connectivity index (χ2v) is 5.17. The topological polar surface area (TPSA) is 93.8 Å². The third kappa shape index (κ3) is 3.00. The van der Waals surface area contributed by atoms with E-state index in [2.05, 4.69) is 19.9 Å². The number of fused-ring (bicyclic) bond motifs is 1. The number of hydrogen-bond donors (Lipinski definition) is 1. The average Bonchev–Trinajstić information content (AvgIpc) is 2.84. The second kappa shape index (κ2) is 5.88. The van der Waals surface area contributed by atoms with Crippen LogP contribution >= 0.6 is 11.8 Å². The standard InChI is InChI=1S/C13H11N5O2S/c19-12(20)7-21-13-17-10-5-14-4-2-11(10)18(13)6-9-1-3-15-8-16-9/h1-5,8H,6-7H2,(H,19,20). The molecule has 0 spiro atoms. The molecular weight excluding hydrogens is 290 g/mol. The molecule has 0 unspecified atom stereocenters. The van der Waals surface area contributed by atoms with Crippen LogP contribution in [0.4, 0.5) is 0 Å². The summed E-state index contributed by atoms with van der Waals surface area (Å²) in [6, 6.07) is 3.67. The highest BCUT2D eigenvalue weighted by molar-refractivity contribution is 7.99. The Balaban J connectivity index is 2.00. The maximum absolute atomic E-state index is 10.8. The van der Waals surface area contributed by atoms with E-state index in [4.69, 9.17) is 5.11 Å². The molecular formula is C13H11N5O2S. The summed E-state index contributed by atoms with van der Waals surface area (Å²) in [7, 11) is 0. The van der Waals surface area contributed by atoms with E-state index in [0.717, 1.165) is 16.7 Å². The molecule has 0 fully saturated rings. The number of carboxylic acid groups (broad SMARTS) is 1. The minimum atomic E-state index is -0.876. The number of carboxylic acids is 1. The van der Waals surface area contributed by atoms with Crippen molar-refractivity contribution in [3.8, 4) is 0 Å². The van der Waals surface area contributed by atoms with Crippen molar-refractivity contribution in [1.82, 2.24) is 24.5 Å². The van der Waals surface area contributed by atoms with E-state index in [9.17, 15) is 4.79 Å². The molecule has 0 aliphatic carbocycles. The van der Waals surface area contributed by atoms with Crippen molar-refractivity contribution in [1.29, 1.82) is 0 Å². The fourth-order valence-corrected chi connectivity index (χ4v) is 2.66. The van der Waals surface area contributed by atoms with Gasteiger partial charge in [-0.1, -0.05) is 11.8 Å². The number of pyridine rings is 1. The molecule has 0 atom stereocenters. The number of aromatic nitrogens is 5. The highest BCUT2D eigenvalue weighted by atomic mass is 32.2. The predicted molar refractivity (Wildman–Crippen MR) is 77.0 cm³/mol. The molecule has 0 radical (unpaired) electrons. The third-order valence-corrected chi connectivity index (χ3v) is 3.76. The molecule has 3 aromatic heterocycles. The Labute approximate surface area is 124 Å². The molecule has 0 aliphatic rings. The first-order valence-corrected chi connectivity index (χ1v) is 7.12. The van der Waals surface area contributed by atoms with Crippen molar-refractivity contribution in [3.05, 3.63) is 42.7 Å². The fraction of sp³-hybridized carbons (Fsp3) is 0.154. The molecule has 106 valence electrons. The largest absolute Gasteiger partial charge is 0.481 e. The molecule has 3 aromatic rings. The highest BCUT2D eigenvalue weighted by Crippen LogP contribution is 2.24. The van der Waals surface area contributed by atoms with Crippen LogP contribution < -0.4 is 0 Å². The van der Waals surface area contributed by atoms with Crippen LogP contribution in [0.3, 0.4) is 0 Å². The average molecular weight is 301 g/mol. The van der Waals surface area contributed by atoms with Gasteiger partial charge in [0, 0.05) is 12.4 Å². The van der Waals surface area contributed by atoms with Crippen LogP contribution in [0.15, 0.2) is 42.2 Å². The van der Waals surface area contributed by atoms with Crippen LogP contribution in [0, 0.1) is 0 Å². The number of hydrogen-bond acceptors (Lipinski definition) is 6. The molecule has 0 aromatic carbocycles. The number of thioether (sulfide) groups is 1. The molecule has 21 heavy (non-hydrogen) atoms. The zero-order valence-electron chi connectivity index (χ0n) is 10.9. The molecule has 7 nitrogen and oxygen atoms in total. The Hall–Kier alpha value is -2.48. The molecule has 1 N–H and O–H groups in total. The molecule has 0 saturated heterocycles. The molecule has 0 amide bonds. The number of imidazole rings is 1. The van der Waals surface area contributed by atoms with Gasteiger partial charge in [-0.05, 0) is 12.1 Å². The van der Waals surface area contributed by atoms with E-state index in [1.54, 1.807) is 18.6 Å². The van der Waals surface area contributed by atoms with Gasteiger partial charge in [0.15, 0.2) is 5.16 Å². The van der Waals surface area contributed by atoms with Gasteiger partial charge < -0.3 is 9.67 Å². The normalized spacial score (nSPS) is 10.9. The van der Waals surface area contributed by atoms with Crippen LogP contribution in [0.5, 0.6) is 0 Å². The minimum Gasteiger partial charge on any atom is -0.481 e. The van der Waals surface area contributed by atoms with Gasteiger partial charge in [0.1, 0.15) is 11.8 Å². The summed E-state index contributed by atoms with van der Waals surface area (Å²) in [6.07, 6.45) is 6.51. The smallest absolute Gasteiger partial charge is 0.313 e. The Bertz CT molecular complexity index is 775. The zero-order valence-corrected chi connectivity index (χ0v) is 11.7. The third-order valence-electron chi connectivity index (χ3n) is 2.80. The van der Waals surface area contributed by atoms with Crippen LogP contribution in [-0.2, 0) is 11.3 Å². The Morgan fingerprint density at radius 1 is 1.29 bits per heavy atom. The lowest BCUT2D eigenvalue weighted by Gasteiger charge is -2.07.